The Bertz CT molecular complexity index is 644. The molecule has 0 bridgehead atoms. The zero-order valence-electron chi connectivity index (χ0n) is 11.1. The van der Waals surface area contributed by atoms with Crippen LogP contribution in [0.15, 0.2) is 30.5 Å². The van der Waals surface area contributed by atoms with E-state index in [1.807, 2.05) is 6.92 Å². The summed E-state index contributed by atoms with van der Waals surface area (Å²) in [6.45, 7) is 2.05. The zero-order chi connectivity index (χ0) is 14.3. The summed E-state index contributed by atoms with van der Waals surface area (Å²) in [5.41, 5.74) is 1.17. The summed E-state index contributed by atoms with van der Waals surface area (Å²) in [6.07, 6.45) is 3.90. The smallest absolute Gasteiger partial charge is 0.339 e. The number of benzene rings is 1. The standard InChI is InChI=1S/C15H15FN2O2/c1-9(10-2-3-10)18-8-13(15(19)20)14(17-18)11-4-6-12(16)7-5-11/h4-10H,2-3H2,1H3,(H,19,20). The lowest BCUT2D eigenvalue weighted by molar-refractivity contribution is 0.0697. The van der Waals surface area contributed by atoms with E-state index in [-0.39, 0.29) is 17.4 Å². The minimum Gasteiger partial charge on any atom is -0.478 e. The predicted octanol–water partition coefficient (Wildman–Crippen LogP) is 3.36. The van der Waals surface area contributed by atoms with Gasteiger partial charge in [-0.05, 0) is 49.9 Å². The normalized spacial score (nSPS) is 16.1. The molecule has 1 aliphatic rings. The maximum atomic E-state index is 13.0. The van der Waals surface area contributed by atoms with E-state index >= 15 is 0 Å². The number of aromatic carboxylic acids is 1. The van der Waals surface area contributed by atoms with Crippen LogP contribution in [0.2, 0.25) is 0 Å². The Balaban J connectivity index is 2.03. The molecule has 0 aliphatic heterocycles. The van der Waals surface area contributed by atoms with Crippen molar-refractivity contribution in [3.05, 3.63) is 41.8 Å². The minimum atomic E-state index is -1.02. The Morgan fingerprint density at radius 3 is 2.60 bits per heavy atom. The van der Waals surface area contributed by atoms with Gasteiger partial charge < -0.3 is 5.11 Å². The SMILES string of the molecule is CC(C1CC1)n1cc(C(=O)O)c(-c2ccc(F)cc2)n1. The van der Waals surface area contributed by atoms with Crippen LogP contribution in [0.4, 0.5) is 4.39 Å². The Morgan fingerprint density at radius 1 is 1.40 bits per heavy atom. The van der Waals surface area contributed by atoms with Gasteiger partial charge in [0.05, 0.1) is 6.04 Å². The summed E-state index contributed by atoms with van der Waals surface area (Å²) in [5.74, 6) is -0.785. The largest absolute Gasteiger partial charge is 0.478 e. The van der Waals surface area contributed by atoms with E-state index in [9.17, 15) is 14.3 Å². The molecule has 1 aromatic heterocycles. The Kier molecular flexibility index (Phi) is 3.04. The molecule has 0 amide bonds. The van der Waals surface area contributed by atoms with E-state index in [0.717, 1.165) is 12.8 Å². The maximum Gasteiger partial charge on any atom is 0.339 e. The number of nitrogens with zero attached hydrogens (tertiary/aromatic N) is 2. The molecule has 20 heavy (non-hydrogen) atoms. The van der Waals surface area contributed by atoms with Crippen LogP contribution in [0.1, 0.15) is 36.2 Å². The third-order valence-electron chi connectivity index (χ3n) is 3.80. The number of carboxylic acids is 1. The second kappa shape index (κ2) is 4.74. The van der Waals surface area contributed by atoms with Crippen molar-refractivity contribution in [1.29, 1.82) is 0 Å². The van der Waals surface area contributed by atoms with E-state index in [1.165, 1.54) is 12.1 Å². The molecule has 0 saturated heterocycles. The Hall–Kier alpha value is -2.17. The third-order valence-corrected chi connectivity index (χ3v) is 3.80. The highest BCUT2D eigenvalue weighted by Crippen LogP contribution is 2.39. The molecule has 1 atom stereocenters. The first-order valence-electron chi connectivity index (χ1n) is 6.64. The third kappa shape index (κ3) is 2.31. The Morgan fingerprint density at radius 2 is 2.05 bits per heavy atom. The molecule has 0 radical (unpaired) electrons. The van der Waals surface area contributed by atoms with E-state index in [4.69, 9.17) is 0 Å². The van der Waals surface area contributed by atoms with Crippen molar-refractivity contribution in [2.45, 2.75) is 25.8 Å². The quantitative estimate of drug-likeness (QED) is 0.930. The number of halogens is 1. The molecule has 0 spiro atoms. The molecule has 3 rings (SSSR count). The molecule has 1 saturated carbocycles. The number of aromatic nitrogens is 2. The van der Waals surface area contributed by atoms with Crippen LogP contribution >= 0.6 is 0 Å². The van der Waals surface area contributed by atoms with Crippen LogP contribution in [-0.4, -0.2) is 20.9 Å². The highest BCUT2D eigenvalue weighted by Gasteiger charge is 2.31. The molecule has 1 fully saturated rings. The fraction of sp³-hybridized carbons (Fsp3) is 0.333. The second-order valence-corrected chi connectivity index (χ2v) is 5.26. The van der Waals surface area contributed by atoms with Crippen LogP contribution in [0, 0.1) is 11.7 Å². The van der Waals surface area contributed by atoms with E-state index in [1.54, 1.807) is 23.0 Å². The van der Waals surface area contributed by atoms with Gasteiger partial charge in [0.2, 0.25) is 0 Å². The first kappa shape index (κ1) is 12.8. The summed E-state index contributed by atoms with van der Waals surface area (Å²) < 4.78 is 14.7. The van der Waals surface area contributed by atoms with Crippen LogP contribution in [0.3, 0.4) is 0 Å². The van der Waals surface area contributed by atoms with Crippen LogP contribution in [0.5, 0.6) is 0 Å². The molecule has 2 aromatic rings. The minimum absolute atomic E-state index is 0.157. The highest BCUT2D eigenvalue weighted by atomic mass is 19.1. The van der Waals surface area contributed by atoms with Gasteiger partial charge in [-0.3, -0.25) is 4.68 Å². The van der Waals surface area contributed by atoms with Gasteiger partial charge in [0.15, 0.2) is 0 Å². The van der Waals surface area contributed by atoms with Gasteiger partial charge in [0.25, 0.3) is 0 Å². The number of hydrogen-bond donors (Lipinski definition) is 1. The fourth-order valence-corrected chi connectivity index (χ4v) is 2.37. The predicted molar refractivity (Wildman–Crippen MR) is 72.0 cm³/mol. The molecule has 1 unspecified atom stereocenters. The van der Waals surface area contributed by atoms with Gasteiger partial charge in [0.1, 0.15) is 17.1 Å². The van der Waals surface area contributed by atoms with Crippen molar-refractivity contribution >= 4 is 5.97 Å². The highest BCUT2D eigenvalue weighted by molar-refractivity contribution is 5.94. The lowest BCUT2D eigenvalue weighted by Gasteiger charge is -2.09. The lowest BCUT2D eigenvalue weighted by Crippen LogP contribution is -2.07. The number of hydrogen-bond acceptors (Lipinski definition) is 2. The summed E-state index contributed by atoms with van der Waals surface area (Å²) in [4.78, 5) is 11.4. The van der Waals surface area contributed by atoms with Gasteiger partial charge in [-0.2, -0.15) is 5.10 Å². The summed E-state index contributed by atoms with van der Waals surface area (Å²) in [7, 11) is 0. The van der Waals surface area contributed by atoms with Crippen molar-refractivity contribution in [3.8, 4) is 11.3 Å². The van der Waals surface area contributed by atoms with Gasteiger partial charge >= 0.3 is 5.97 Å². The monoisotopic (exact) mass is 274 g/mol. The molecule has 104 valence electrons. The first-order chi connectivity index (χ1) is 9.56. The van der Waals surface area contributed by atoms with Crippen LogP contribution in [-0.2, 0) is 0 Å². The van der Waals surface area contributed by atoms with Crippen molar-refractivity contribution in [2.24, 2.45) is 5.92 Å². The number of carbonyl (C=O) groups is 1. The van der Waals surface area contributed by atoms with Crippen LogP contribution < -0.4 is 0 Å². The summed E-state index contributed by atoms with van der Waals surface area (Å²) in [5, 5.41) is 13.7. The molecule has 1 aromatic carbocycles. The van der Waals surface area contributed by atoms with Gasteiger partial charge in [-0.15, -0.1) is 0 Å². The first-order valence-corrected chi connectivity index (χ1v) is 6.64. The second-order valence-electron chi connectivity index (χ2n) is 5.26. The summed E-state index contributed by atoms with van der Waals surface area (Å²) >= 11 is 0. The molecule has 5 heteroatoms. The number of rotatable bonds is 4. The van der Waals surface area contributed by atoms with E-state index in [2.05, 4.69) is 5.10 Å². The molecule has 4 nitrogen and oxygen atoms in total. The number of carboxylic acid groups (broad SMARTS) is 1. The maximum absolute atomic E-state index is 13.0. The molecule has 1 heterocycles. The van der Waals surface area contributed by atoms with Crippen LogP contribution in [0.25, 0.3) is 11.3 Å². The van der Waals surface area contributed by atoms with E-state index < -0.39 is 5.97 Å². The average Bonchev–Trinajstić information content (AvgIpc) is 3.17. The molecular weight excluding hydrogens is 259 g/mol. The average molecular weight is 274 g/mol. The zero-order valence-corrected chi connectivity index (χ0v) is 11.1. The Labute approximate surface area is 115 Å². The topological polar surface area (TPSA) is 55.1 Å². The van der Waals surface area contributed by atoms with Crippen molar-refractivity contribution < 1.29 is 14.3 Å². The summed E-state index contributed by atoms with van der Waals surface area (Å²) in [6, 6.07) is 5.92. The molecule has 1 N–H and O–H groups in total. The lowest BCUT2D eigenvalue weighted by atomic mass is 10.1. The van der Waals surface area contributed by atoms with E-state index in [0.29, 0.717) is 17.2 Å². The van der Waals surface area contributed by atoms with Crippen molar-refractivity contribution in [3.63, 3.8) is 0 Å². The molecule has 1 aliphatic carbocycles. The van der Waals surface area contributed by atoms with Gasteiger partial charge in [-0.25, -0.2) is 9.18 Å². The van der Waals surface area contributed by atoms with Crippen molar-refractivity contribution in [1.82, 2.24) is 9.78 Å². The van der Waals surface area contributed by atoms with Crippen molar-refractivity contribution in [2.75, 3.05) is 0 Å². The van der Waals surface area contributed by atoms with Gasteiger partial charge in [0, 0.05) is 11.8 Å². The fourth-order valence-electron chi connectivity index (χ4n) is 2.37. The molecular formula is C15H15FN2O2. The van der Waals surface area contributed by atoms with Gasteiger partial charge in [-0.1, -0.05) is 0 Å².